The highest BCUT2D eigenvalue weighted by atomic mass is 16.6. The standard InChI is InChI=1S/C7H9NO3/c1-7(8(10)11)5-3-2-4-6(7)9/h2-6,9H,1H3/t6-,7+/m1/s1. The molecule has 0 unspecified atom stereocenters. The molecule has 2 atom stereocenters. The largest absolute Gasteiger partial charge is 0.381 e. The third-order valence-corrected chi connectivity index (χ3v) is 1.83. The van der Waals surface area contributed by atoms with Crippen molar-refractivity contribution in [3.05, 3.63) is 34.4 Å². The van der Waals surface area contributed by atoms with E-state index in [0.29, 0.717) is 0 Å². The lowest BCUT2D eigenvalue weighted by atomic mass is 9.91. The second kappa shape index (κ2) is 2.47. The fraction of sp³-hybridized carbons (Fsp3) is 0.429. The molecule has 4 nitrogen and oxygen atoms in total. The van der Waals surface area contributed by atoms with Crippen molar-refractivity contribution in [3.63, 3.8) is 0 Å². The Morgan fingerprint density at radius 2 is 2.27 bits per heavy atom. The smallest absolute Gasteiger partial charge is 0.266 e. The van der Waals surface area contributed by atoms with E-state index in [1.807, 2.05) is 0 Å². The molecule has 11 heavy (non-hydrogen) atoms. The zero-order valence-electron chi connectivity index (χ0n) is 6.10. The van der Waals surface area contributed by atoms with Gasteiger partial charge in [0.1, 0.15) is 6.10 Å². The van der Waals surface area contributed by atoms with Crippen molar-refractivity contribution >= 4 is 0 Å². The lowest BCUT2D eigenvalue weighted by molar-refractivity contribution is -0.560. The van der Waals surface area contributed by atoms with Crippen LogP contribution in [-0.2, 0) is 0 Å². The highest BCUT2D eigenvalue weighted by Crippen LogP contribution is 2.20. The van der Waals surface area contributed by atoms with E-state index in [1.54, 1.807) is 12.2 Å². The maximum atomic E-state index is 10.4. The van der Waals surface area contributed by atoms with Gasteiger partial charge in [0.2, 0.25) is 0 Å². The number of hydrogen-bond donors (Lipinski definition) is 1. The lowest BCUT2D eigenvalue weighted by Crippen LogP contribution is -2.44. The van der Waals surface area contributed by atoms with Gasteiger partial charge in [0.05, 0.1) is 0 Å². The Kier molecular flexibility index (Phi) is 1.78. The molecule has 0 aromatic heterocycles. The number of hydrogen-bond acceptors (Lipinski definition) is 3. The summed E-state index contributed by atoms with van der Waals surface area (Å²) in [5.41, 5.74) is -1.35. The average molecular weight is 155 g/mol. The summed E-state index contributed by atoms with van der Waals surface area (Å²) in [7, 11) is 0. The highest BCUT2D eigenvalue weighted by Gasteiger charge is 2.42. The molecule has 1 aliphatic carbocycles. The topological polar surface area (TPSA) is 63.4 Å². The third kappa shape index (κ3) is 1.17. The Bertz CT molecular complexity index is 234. The monoisotopic (exact) mass is 155 g/mol. The number of rotatable bonds is 1. The molecule has 0 spiro atoms. The number of aliphatic hydroxyl groups is 1. The van der Waals surface area contributed by atoms with Gasteiger partial charge in [-0.2, -0.15) is 0 Å². The number of aliphatic hydroxyl groups excluding tert-OH is 1. The van der Waals surface area contributed by atoms with Gasteiger partial charge < -0.3 is 5.11 Å². The molecule has 1 aliphatic rings. The minimum Gasteiger partial charge on any atom is -0.381 e. The van der Waals surface area contributed by atoms with Crippen LogP contribution in [0.4, 0.5) is 0 Å². The van der Waals surface area contributed by atoms with Crippen molar-refractivity contribution in [2.24, 2.45) is 0 Å². The first-order valence-corrected chi connectivity index (χ1v) is 3.26. The van der Waals surface area contributed by atoms with Gasteiger partial charge in [0.15, 0.2) is 0 Å². The fourth-order valence-electron chi connectivity index (χ4n) is 0.882. The number of nitrogens with zero attached hydrogens (tertiary/aromatic N) is 1. The summed E-state index contributed by atoms with van der Waals surface area (Å²) in [5.74, 6) is 0. The summed E-state index contributed by atoms with van der Waals surface area (Å²) in [6.07, 6.45) is 4.92. The van der Waals surface area contributed by atoms with Crippen LogP contribution in [0.2, 0.25) is 0 Å². The van der Waals surface area contributed by atoms with E-state index in [0.717, 1.165) is 0 Å². The summed E-state index contributed by atoms with van der Waals surface area (Å²) in [5, 5.41) is 19.7. The molecular formula is C7H9NO3. The molecule has 4 heteroatoms. The van der Waals surface area contributed by atoms with Crippen LogP contribution in [0.3, 0.4) is 0 Å². The van der Waals surface area contributed by atoms with Gasteiger partial charge in [-0.15, -0.1) is 0 Å². The zero-order valence-corrected chi connectivity index (χ0v) is 6.10. The summed E-state index contributed by atoms with van der Waals surface area (Å²) in [4.78, 5) is 9.96. The second-order valence-corrected chi connectivity index (χ2v) is 2.67. The van der Waals surface area contributed by atoms with Crippen molar-refractivity contribution in [3.8, 4) is 0 Å². The van der Waals surface area contributed by atoms with Crippen LogP contribution in [0.1, 0.15) is 6.92 Å². The predicted molar refractivity (Wildman–Crippen MR) is 39.7 cm³/mol. The summed E-state index contributed by atoms with van der Waals surface area (Å²) in [6, 6.07) is 0. The molecule has 0 saturated carbocycles. The van der Waals surface area contributed by atoms with Crippen LogP contribution < -0.4 is 0 Å². The quantitative estimate of drug-likeness (QED) is 0.443. The first kappa shape index (κ1) is 7.94. The van der Waals surface area contributed by atoms with E-state index in [1.165, 1.54) is 19.1 Å². The molecule has 1 rings (SSSR count). The molecule has 0 fully saturated rings. The van der Waals surface area contributed by atoms with Crippen LogP contribution in [-0.4, -0.2) is 21.7 Å². The second-order valence-electron chi connectivity index (χ2n) is 2.67. The van der Waals surface area contributed by atoms with Crippen molar-refractivity contribution in [2.45, 2.75) is 18.6 Å². The van der Waals surface area contributed by atoms with Crippen molar-refractivity contribution < 1.29 is 10.0 Å². The first-order chi connectivity index (χ1) is 5.07. The third-order valence-electron chi connectivity index (χ3n) is 1.83. The fourth-order valence-corrected chi connectivity index (χ4v) is 0.882. The molecule has 0 amide bonds. The summed E-state index contributed by atoms with van der Waals surface area (Å²) in [6.45, 7) is 1.39. The van der Waals surface area contributed by atoms with Gasteiger partial charge in [0.25, 0.3) is 5.54 Å². The van der Waals surface area contributed by atoms with E-state index >= 15 is 0 Å². The van der Waals surface area contributed by atoms with Gasteiger partial charge in [-0.3, -0.25) is 10.1 Å². The van der Waals surface area contributed by atoms with E-state index in [2.05, 4.69) is 0 Å². The first-order valence-electron chi connectivity index (χ1n) is 3.26. The molecule has 0 aromatic carbocycles. The highest BCUT2D eigenvalue weighted by molar-refractivity contribution is 5.21. The molecule has 60 valence electrons. The maximum absolute atomic E-state index is 10.4. The molecule has 0 aliphatic heterocycles. The summed E-state index contributed by atoms with van der Waals surface area (Å²) < 4.78 is 0. The van der Waals surface area contributed by atoms with E-state index in [-0.39, 0.29) is 0 Å². The predicted octanol–water partition coefficient (Wildman–Crippen LogP) is 0.509. The molecule has 0 aromatic rings. The van der Waals surface area contributed by atoms with Crippen molar-refractivity contribution in [1.29, 1.82) is 0 Å². The van der Waals surface area contributed by atoms with Gasteiger partial charge >= 0.3 is 0 Å². The number of allylic oxidation sites excluding steroid dienone is 2. The molecule has 0 bridgehead atoms. The van der Waals surface area contributed by atoms with E-state index in [9.17, 15) is 15.2 Å². The Morgan fingerprint density at radius 1 is 1.64 bits per heavy atom. The van der Waals surface area contributed by atoms with Crippen molar-refractivity contribution in [1.82, 2.24) is 0 Å². The molecule has 0 saturated heterocycles. The van der Waals surface area contributed by atoms with Gasteiger partial charge in [-0.1, -0.05) is 12.2 Å². The average Bonchev–Trinajstić information content (AvgIpc) is 1.95. The zero-order chi connectivity index (χ0) is 8.48. The number of nitro groups is 1. The minimum atomic E-state index is -1.35. The van der Waals surface area contributed by atoms with Crippen molar-refractivity contribution in [2.75, 3.05) is 0 Å². The Balaban J connectivity index is 2.94. The molecule has 1 N–H and O–H groups in total. The minimum absolute atomic E-state index is 0.488. The van der Waals surface area contributed by atoms with Gasteiger partial charge in [0, 0.05) is 11.8 Å². The van der Waals surface area contributed by atoms with Crippen LogP contribution >= 0.6 is 0 Å². The van der Waals surface area contributed by atoms with E-state index in [4.69, 9.17) is 0 Å². The van der Waals surface area contributed by atoms with Gasteiger partial charge in [-0.25, -0.2) is 0 Å². The SMILES string of the molecule is C[C@]1([N+](=O)[O-])C=CC=C[C@H]1O. The lowest BCUT2D eigenvalue weighted by Gasteiger charge is -2.22. The maximum Gasteiger partial charge on any atom is 0.266 e. The Hall–Kier alpha value is -1.16. The Morgan fingerprint density at radius 3 is 2.64 bits per heavy atom. The normalized spacial score (nSPS) is 35.6. The van der Waals surface area contributed by atoms with E-state index < -0.39 is 16.6 Å². The van der Waals surface area contributed by atoms with Crippen LogP contribution in [0.25, 0.3) is 0 Å². The van der Waals surface area contributed by atoms with Crippen LogP contribution in [0, 0.1) is 10.1 Å². The van der Waals surface area contributed by atoms with Gasteiger partial charge in [-0.05, 0) is 12.2 Å². The summed E-state index contributed by atoms with van der Waals surface area (Å²) >= 11 is 0. The molecule has 0 heterocycles. The Labute approximate surface area is 64.0 Å². The molecule has 0 radical (unpaired) electrons. The molecular weight excluding hydrogens is 146 g/mol. The van der Waals surface area contributed by atoms with Crippen LogP contribution in [0.5, 0.6) is 0 Å². The van der Waals surface area contributed by atoms with Crippen LogP contribution in [0.15, 0.2) is 24.3 Å².